The summed E-state index contributed by atoms with van der Waals surface area (Å²) in [4.78, 5) is 26.5. The van der Waals surface area contributed by atoms with Crippen LogP contribution in [0, 0.1) is 0 Å². The summed E-state index contributed by atoms with van der Waals surface area (Å²) in [5.41, 5.74) is -0.484. The molecule has 0 bridgehead atoms. The summed E-state index contributed by atoms with van der Waals surface area (Å²) in [6.45, 7) is 7.42. The molecule has 1 amide bonds. The van der Waals surface area contributed by atoms with Crippen LogP contribution in [-0.4, -0.2) is 57.4 Å². The molecule has 0 radical (unpaired) electrons. The summed E-state index contributed by atoms with van der Waals surface area (Å²) in [6, 6.07) is 0. The molecule has 0 spiro atoms. The number of alkyl carbamates (subject to hydrolysis) is 1. The Balaban J connectivity index is 3.66. The highest BCUT2D eigenvalue weighted by atomic mass is 16.6. The van der Waals surface area contributed by atoms with E-state index in [1.807, 2.05) is 20.8 Å². The summed E-state index contributed by atoms with van der Waals surface area (Å²) >= 11 is 0. The van der Waals surface area contributed by atoms with Crippen LogP contribution in [0.3, 0.4) is 0 Å². The van der Waals surface area contributed by atoms with Gasteiger partial charge in [0.05, 0.1) is 7.11 Å². The smallest absolute Gasteiger partial charge is 0.407 e. The maximum atomic E-state index is 11.5. The van der Waals surface area contributed by atoms with Crippen molar-refractivity contribution in [3.63, 3.8) is 0 Å². The van der Waals surface area contributed by atoms with E-state index in [9.17, 15) is 9.59 Å². The Morgan fingerprint density at radius 1 is 0.958 bits per heavy atom. The van der Waals surface area contributed by atoms with Gasteiger partial charge in [0.2, 0.25) is 0 Å². The summed E-state index contributed by atoms with van der Waals surface area (Å²) < 4.78 is 9.73. The molecule has 0 saturated heterocycles. The Bertz CT molecular complexity index is 405. The van der Waals surface area contributed by atoms with E-state index in [-0.39, 0.29) is 5.97 Å². The van der Waals surface area contributed by atoms with Crippen LogP contribution in [-0.2, 0) is 14.3 Å². The molecule has 0 saturated carbocycles. The summed E-state index contributed by atoms with van der Waals surface area (Å²) in [6.07, 6.45) is 2.41. The molecule has 0 rings (SSSR count). The number of unbranched alkanes of at least 4 members (excludes halogenated alkanes) is 1. The number of esters is 1. The largest absolute Gasteiger partial charge is 0.469 e. The lowest BCUT2D eigenvalue weighted by molar-refractivity contribution is -0.140. The van der Waals surface area contributed by atoms with Gasteiger partial charge in [0.15, 0.2) is 5.96 Å². The molecule has 0 unspecified atom stereocenters. The van der Waals surface area contributed by atoms with Crippen LogP contribution >= 0.6 is 0 Å². The minimum atomic E-state index is -0.484. The molecule has 0 aromatic heterocycles. The van der Waals surface area contributed by atoms with Gasteiger partial charge in [0.25, 0.3) is 0 Å². The summed E-state index contributed by atoms with van der Waals surface area (Å²) in [5.74, 6) is 0.514. The number of hydrogen-bond acceptors (Lipinski definition) is 5. The maximum Gasteiger partial charge on any atom is 0.407 e. The van der Waals surface area contributed by atoms with Gasteiger partial charge in [-0.05, 0) is 40.0 Å². The monoisotopic (exact) mass is 344 g/mol. The van der Waals surface area contributed by atoms with Crippen molar-refractivity contribution in [2.75, 3.05) is 33.8 Å². The number of nitrogens with zero attached hydrogens (tertiary/aromatic N) is 1. The van der Waals surface area contributed by atoms with Gasteiger partial charge in [-0.1, -0.05) is 0 Å². The molecule has 0 aromatic rings. The SMILES string of the molecule is CN=C(NCCCCC(=O)OC)NCCCNC(=O)OC(C)(C)C. The van der Waals surface area contributed by atoms with Gasteiger partial charge in [-0.25, -0.2) is 4.79 Å². The van der Waals surface area contributed by atoms with Gasteiger partial charge in [0, 0.05) is 33.1 Å². The van der Waals surface area contributed by atoms with Crippen molar-refractivity contribution in [2.45, 2.75) is 52.1 Å². The van der Waals surface area contributed by atoms with E-state index >= 15 is 0 Å². The zero-order valence-electron chi connectivity index (χ0n) is 15.5. The van der Waals surface area contributed by atoms with Crippen molar-refractivity contribution >= 4 is 18.0 Å². The van der Waals surface area contributed by atoms with Gasteiger partial charge < -0.3 is 25.4 Å². The fourth-order valence-corrected chi connectivity index (χ4v) is 1.72. The highest BCUT2D eigenvalue weighted by Gasteiger charge is 2.15. The minimum absolute atomic E-state index is 0.185. The first kappa shape index (κ1) is 22.0. The second-order valence-corrected chi connectivity index (χ2v) is 6.24. The van der Waals surface area contributed by atoms with E-state index < -0.39 is 11.7 Å². The number of aliphatic imine (C=N–C) groups is 1. The predicted molar refractivity (Wildman–Crippen MR) is 94.1 cm³/mol. The number of carbonyl (C=O) groups is 2. The molecular formula is C16H32N4O4. The van der Waals surface area contributed by atoms with Crippen molar-refractivity contribution in [3.05, 3.63) is 0 Å². The quantitative estimate of drug-likeness (QED) is 0.253. The van der Waals surface area contributed by atoms with Gasteiger partial charge in [0.1, 0.15) is 5.60 Å². The molecule has 140 valence electrons. The van der Waals surface area contributed by atoms with Gasteiger partial charge in [-0.2, -0.15) is 0 Å². The standard InChI is InChI=1S/C16H32N4O4/c1-16(2,3)24-15(22)20-12-8-11-19-14(17-4)18-10-7-6-9-13(21)23-5/h6-12H2,1-5H3,(H,20,22)(H2,17,18,19). The van der Waals surface area contributed by atoms with Crippen LogP contribution in [0.5, 0.6) is 0 Å². The zero-order chi connectivity index (χ0) is 18.4. The summed E-state index contributed by atoms with van der Waals surface area (Å²) in [5, 5.41) is 9.03. The third-order valence-electron chi connectivity index (χ3n) is 2.87. The molecule has 3 N–H and O–H groups in total. The molecule has 0 aliphatic rings. The minimum Gasteiger partial charge on any atom is -0.469 e. The number of carbonyl (C=O) groups excluding carboxylic acids is 2. The number of methoxy groups -OCH3 is 1. The molecule has 8 nitrogen and oxygen atoms in total. The number of ether oxygens (including phenoxy) is 2. The molecular weight excluding hydrogens is 312 g/mol. The average molecular weight is 344 g/mol. The van der Waals surface area contributed by atoms with E-state index in [4.69, 9.17) is 4.74 Å². The Morgan fingerprint density at radius 2 is 1.54 bits per heavy atom. The van der Waals surface area contributed by atoms with E-state index in [1.165, 1.54) is 7.11 Å². The maximum absolute atomic E-state index is 11.5. The molecule has 24 heavy (non-hydrogen) atoms. The first-order valence-corrected chi connectivity index (χ1v) is 8.26. The fraction of sp³-hybridized carbons (Fsp3) is 0.812. The fourth-order valence-electron chi connectivity index (χ4n) is 1.72. The van der Waals surface area contributed by atoms with Crippen LogP contribution in [0.4, 0.5) is 4.79 Å². The molecule has 0 aromatic carbocycles. The lowest BCUT2D eigenvalue weighted by Gasteiger charge is -2.19. The molecule has 0 aliphatic heterocycles. The van der Waals surface area contributed by atoms with Crippen molar-refractivity contribution in [3.8, 4) is 0 Å². The van der Waals surface area contributed by atoms with Crippen molar-refractivity contribution in [2.24, 2.45) is 4.99 Å². The average Bonchev–Trinajstić information content (AvgIpc) is 2.50. The van der Waals surface area contributed by atoms with Crippen LogP contribution < -0.4 is 16.0 Å². The van der Waals surface area contributed by atoms with E-state index in [2.05, 4.69) is 25.7 Å². The van der Waals surface area contributed by atoms with E-state index in [1.54, 1.807) is 7.05 Å². The number of amides is 1. The molecule has 0 fully saturated rings. The Hall–Kier alpha value is -1.99. The van der Waals surface area contributed by atoms with Gasteiger partial charge in [-0.15, -0.1) is 0 Å². The van der Waals surface area contributed by atoms with Crippen molar-refractivity contribution in [1.82, 2.24) is 16.0 Å². The molecule has 0 atom stereocenters. The van der Waals surface area contributed by atoms with Gasteiger partial charge >= 0.3 is 12.1 Å². The van der Waals surface area contributed by atoms with Gasteiger partial charge in [-0.3, -0.25) is 9.79 Å². The lowest BCUT2D eigenvalue weighted by atomic mass is 10.2. The predicted octanol–water partition coefficient (Wildman–Crippen LogP) is 1.41. The third kappa shape index (κ3) is 13.7. The second kappa shape index (κ2) is 12.4. The lowest BCUT2D eigenvalue weighted by Crippen LogP contribution is -2.39. The van der Waals surface area contributed by atoms with Crippen LogP contribution in [0.25, 0.3) is 0 Å². The second-order valence-electron chi connectivity index (χ2n) is 6.24. The van der Waals surface area contributed by atoms with E-state index in [0.717, 1.165) is 25.8 Å². The highest BCUT2D eigenvalue weighted by Crippen LogP contribution is 2.06. The number of hydrogen-bond donors (Lipinski definition) is 3. The van der Waals surface area contributed by atoms with Crippen molar-refractivity contribution in [1.29, 1.82) is 0 Å². The molecule has 0 heterocycles. The van der Waals surface area contributed by atoms with Crippen molar-refractivity contribution < 1.29 is 19.1 Å². The topological polar surface area (TPSA) is 101 Å². The number of rotatable bonds is 9. The summed E-state index contributed by atoms with van der Waals surface area (Å²) in [7, 11) is 3.09. The third-order valence-corrected chi connectivity index (χ3v) is 2.87. The Morgan fingerprint density at radius 3 is 2.08 bits per heavy atom. The number of guanidine groups is 1. The van der Waals surface area contributed by atoms with Crippen LogP contribution in [0.2, 0.25) is 0 Å². The number of nitrogens with one attached hydrogen (secondary N) is 3. The molecule has 0 aliphatic carbocycles. The first-order valence-electron chi connectivity index (χ1n) is 8.26. The van der Waals surface area contributed by atoms with Crippen LogP contribution in [0.15, 0.2) is 4.99 Å². The normalized spacial score (nSPS) is 11.6. The van der Waals surface area contributed by atoms with E-state index in [0.29, 0.717) is 25.5 Å². The Kier molecular flexibility index (Phi) is 11.4. The Labute approximate surface area is 144 Å². The first-order chi connectivity index (χ1) is 11.3. The highest BCUT2D eigenvalue weighted by molar-refractivity contribution is 5.79. The zero-order valence-corrected chi connectivity index (χ0v) is 15.5. The molecule has 8 heteroatoms. The van der Waals surface area contributed by atoms with Crippen LogP contribution in [0.1, 0.15) is 46.5 Å².